The number of sulfonamides is 1. The van der Waals surface area contributed by atoms with Gasteiger partial charge in [-0.05, 0) is 18.2 Å². The third-order valence-electron chi connectivity index (χ3n) is 5.00. The van der Waals surface area contributed by atoms with Crippen LogP contribution in [0.3, 0.4) is 0 Å². The van der Waals surface area contributed by atoms with Crippen molar-refractivity contribution in [1.82, 2.24) is 19.5 Å². The summed E-state index contributed by atoms with van der Waals surface area (Å²) in [5.74, 6) is -0.649. The van der Waals surface area contributed by atoms with Crippen molar-refractivity contribution in [3.05, 3.63) is 53.0 Å². The highest BCUT2D eigenvalue weighted by Gasteiger charge is 2.35. The molecule has 1 fully saturated rings. The molecule has 0 radical (unpaired) electrons. The monoisotopic (exact) mass is 498 g/mol. The van der Waals surface area contributed by atoms with E-state index in [1.165, 1.54) is 22.5 Å². The van der Waals surface area contributed by atoms with Gasteiger partial charge in [0, 0.05) is 42.7 Å². The maximum atomic E-state index is 13.0. The Bertz CT molecular complexity index is 1270. The summed E-state index contributed by atoms with van der Waals surface area (Å²) in [5, 5.41) is 8.64. The summed E-state index contributed by atoms with van der Waals surface area (Å²) in [4.78, 5) is 16.8. The highest BCUT2D eigenvalue weighted by molar-refractivity contribution is 7.89. The van der Waals surface area contributed by atoms with E-state index in [0.717, 1.165) is 16.7 Å². The molecule has 3 heterocycles. The van der Waals surface area contributed by atoms with E-state index >= 15 is 0 Å². The second kappa shape index (κ2) is 8.68. The van der Waals surface area contributed by atoms with Crippen molar-refractivity contribution in [1.29, 1.82) is 0 Å². The second-order valence-electron chi connectivity index (χ2n) is 7.07. The predicted molar refractivity (Wildman–Crippen MR) is 114 cm³/mol. The first-order valence-corrected chi connectivity index (χ1v) is 11.9. The number of nitrogens with zero attached hydrogens (tertiary/aromatic N) is 5. The molecule has 0 atom stereocenters. The number of piperazine rings is 1. The Hall–Kier alpha value is -3.10. The lowest BCUT2D eigenvalue weighted by molar-refractivity contribution is -0.140. The number of aromatic nitrogens is 3. The molecule has 9 nitrogen and oxygen atoms in total. The molecule has 3 aromatic rings. The average molecular weight is 499 g/mol. The number of anilines is 1. The Morgan fingerprint density at radius 3 is 2.30 bits per heavy atom. The number of hydrogen-bond acceptors (Lipinski definition) is 8. The van der Waals surface area contributed by atoms with Crippen LogP contribution in [-0.4, -0.2) is 60.0 Å². The zero-order valence-corrected chi connectivity index (χ0v) is 18.5. The number of thiazole rings is 1. The van der Waals surface area contributed by atoms with Gasteiger partial charge in [0.25, 0.3) is 10.0 Å². The smallest absolute Gasteiger partial charge is 0.366 e. The fraction of sp³-hybridized carbons (Fsp3) is 0.263. The average Bonchev–Trinajstić information content (AvgIpc) is 3.30. The summed E-state index contributed by atoms with van der Waals surface area (Å²) < 4.78 is 65.4. The van der Waals surface area contributed by atoms with E-state index in [4.69, 9.17) is 5.73 Å². The topological polar surface area (TPSA) is 122 Å². The second-order valence-corrected chi connectivity index (χ2v) is 9.79. The fourth-order valence-electron chi connectivity index (χ4n) is 3.31. The fourth-order valence-corrected chi connectivity index (χ4v) is 5.49. The van der Waals surface area contributed by atoms with Crippen LogP contribution in [0.25, 0.3) is 11.3 Å². The van der Waals surface area contributed by atoms with Crippen molar-refractivity contribution in [3.63, 3.8) is 0 Å². The first-order chi connectivity index (χ1) is 15.6. The molecule has 2 aromatic heterocycles. The Morgan fingerprint density at radius 2 is 1.73 bits per heavy atom. The van der Waals surface area contributed by atoms with Crippen molar-refractivity contribution in [3.8, 4) is 11.3 Å². The normalized spacial score (nSPS) is 15.5. The van der Waals surface area contributed by atoms with Gasteiger partial charge in [-0.3, -0.25) is 4.79 Å². The number of alkyl halides is 3. The van der Waals surface area contributed by atoms with E-state index in [-0.39, 0.29) is 47.6 Å². The first kappa shape index (κ1) is 23.1. The number of rotatable bonds is 5. The van der Waals surface area contributed by atoms with Gasteiger partial charge in [-0.1, -0.05) is 18.2 Å². The Labute approximate surface area is 190 Å². The minimum atomic E-state index is -4.53. The third kappa shape index (κ3) is 4.67. The maximum Gasteiger partial charge on any atom is 0.434 e. The van der Waals surface area contributed by atoms with Gasteiger partial charge in [-0.15, -0.1) is 21.5 Å². The number of halogens is 3. The van der Waals surface area contributed by atoms with Crippen molar-refractivity contribution in [2.24, 2.45) is 5.73 Å². The molecule has 174 valence electrons. The maximum absolute atomic E-state index is 13.0. The summed E-state index contributed by atoms with van der Waals surface area (Å²) >= 11 is 0.862. The molecule has 0 unspecified atom stereocenters. The van der Waals surface area contributed by atoms with Crippen LogP contribution in [0.2, 0.25) is 0 Å². The van der Waals surface area contributed by atoms with E-state index < -0.39 is 27.8 Å². The number of carbonyl (C=O) groups excluding carboxylic acids is 1. The van der Waals surface area contributed by atoms with E-state index in [9.17, 15) is 26.4 Å². The molecule has 1 aliphatic rings. The van der Waals surface area contributed by atoms with Crippen LogP contribution < -0.4 is 10.6 Å². The van der Waals surface area contributed by atoms with Crippen LogP contribution in [0.15, 0.2) is 46.8 Å². The highest BCUT2D eigenvalue weighted by Crippen LogP contribution is 2.33. The van der Waals surface area contributed by atoms with Gasteiger partial charge in [0.2, 0.25) is 5.91 Å². The van der Waals surface area contributed by atoms with Crippen LogP contribution in [0, 0.1) is 0 Å². The molecule has 1 aliphatic heterocycles. The zero-order chi connectivity index (χ0) is 23.8. The van der Waals surface area contributed by atoms with Crippen molar-refractivity contribution in [2.45, 2.75) is 11.2 Å². The largest absolute Gasteiger partial charge is 0.434 e. The van der Waals surface area contributed by atoms with Gasteiger partial charge in [0.05, 0.1) is 5.69 Å². The quantitative estimate of drug-likeness (QED) is 0.572. The van der Waals surface area contributed by atoms with Crippen LogP contribution in [0.5, 0.6) is 0 Å². The van der Waals surface area contributed by atoms with Gasteiger partial charge < -0.3 is 10.6 Å². The number of amides is 1. The summed E-state index contributed by atoms with van der Waals surface area (Å²) in [7, 11) is -3.97. The first-order valence-electron chi connectivity index (χ1n) is 9.58. The molecule has 0 aliphatic carbocycles. The number of hydrogen-bond donors (Lipinski definition) is 1. The SMILES string of the molecule is NC(=O)c1ccccc1-c1ccc(S(=O)(=O)N2CCN(c3nc(C(F)(F)F)cs3)CC2)nn1. The minimum Gasteiger partial charge on any atom is -0.366 e. The van der Waals surface area contributed by atoms with Gasteiger partial charge in [-0.2, -0.15) is 17.5 Å². The molecule has 1 saturated heterocycles. The van der Waals surface area contributed by atoms with Gasteiger partial charge in [0.1, 0.15) is 0 Å². The zero-order valence-electron chi connectivity index (χ0n) is 16.9. The summed E-state index contributed by atoms with van der Waals surface area (Å²) in [6.07, 6.45) is -4.53. The molecule has 0 spiro atoms. The number of carbonyl (C=O) groups is 1. The molecule has 4 rings (SSSR count). The van der Waals surface area contributed by atoms with E-state index in [2.05, 4.69) is 15.2 Å². The van der Waals surface area contributed by atoms with Gasteiger partial charge in [0.15, 0.2) is 15.9 Å². The van der Waals surface area contributed by atoms with E-state index in [1.807, 2.05) is 0 Å². The number of nitrogens with two attached hydrogens (primary N) is 1. The summed E-state index contributed by atoms with van der Waals surface area (Å²) in [6.45, 7) is 0.470. The Balaban J connectivity index is 1.47. The Morgan fingerprint density at radius 1 is 1.03 bits per heavy atom. The van der Waals surface area contributed by atoms with Gasteiger partial charge >= 0.3 is 6.18 Å². The molecular weight excluding hydrogens is 481 g/mol. The molecule has 1 aromatic carbocycles. The van der Waals surface area contributed by atoms with E-state index in [1.54, 1.807) is 23.1 Å². The lowest BCUT2D eigenvalue weighted by Crippen LogP contribution is -2.48. The van der Waals surface area contributed by atoms with E-state index in [0.29, 0.717) is 5.56 Å². The molecular formula is C19H17F3N6O3S2. The molecule has 0 bridgehead atoms. The molecule has 2 N–H and O–H groups in total. The molecule has 1 amide bonds. The third-order valence-corrected chi connectivity index (χ3v) is 7.70. The summed E-state index contributed by atoms with van der Waals surface area (Å²) in [6, 6.07) is 9.22. The molecule has 33 heavy (non-hydrogen) atoms. The number of benzene rings is 1. The highest BCUT2D eigenvalue weighted by atomic mass is 32.2. The van der Waals surface area contributed by atoms with Crippen LogP contribution >= 0.6 is 11.3 Å². The van der Waals surface area contributed by atoms with Crippen LogP contribution in [-0.2, 0) is 16.2 Å². The van der Waals surface area contributed by atoms with Crippen LogP contribution in [0.4, 0.5) is 18.3 Å². The Kier molecular flexibility index (Phi) is 6.07. The summed E-state index contributed by atoms with van der Waals surface area (Å²) in [5.41, 5.74) is 5.35. The molecule has 14 heteroatoms. The molecule has 0 saturated carbocycles. The van der Waals surface area contributed by atoms with Crippen molar-refractivity contribution in [2.75, 3.05) is 31.1 Å². The minimum absolute atomic E-state index is 0.0528. The van der Waals surface area contributed by atoms with Crippen molar-refractivity contribution < 1.29 is 26.4 Å². The lowest BCUT2D eigenvalue weighted by atomic mass is 10.0. The predicted octanol–water partition coefficient (Wildman–Crippen LogP) is 2.23. The van der Waals surface area contributed by atoms with Crippen LogP contribution in [0.1, 0.15) is 16.1 Å². The van der Waals surface area contributed by atoms with Crippen molar-refractivity contribution >= 4 is 32.4 Å². The standard InChI is InChI=1S/C19H17F3N6O3S2/c20-19(21,22)15-11-32-18(24-15)27-7-9-28(10-8-27)33(30,31)16-6-5-14(25-26-16)12-3-1-2-4-13(12)17(23)29/h1-6,11H,7-10H2,(H2,23,29). The van der Waals surface area contributed by atoms with Gasteiger partial charge in [-0.25, -0.2) is 13.4 Å². The number of primary amides is 1. The lowest BCUT2D eigenvalue weighted by Gasteiger charge is -2.33.